The largest absolute Gasteiger partial charge is 0.440 e. The lowest BCUT2D eigenvalue weighted by Gasteiger charge is -1.92. The molecule has 0 saturated heterocycles. The molecule has 0 saturated carbocycles. The summed E-state index contributed by atoms with van der Waals surface area (Å²) in [5.74, 6) is 2.72. The Kier molecular flexibility index (Phi) is 3.16. The molecule has 1 heterocycles. The van der Waals surface area contributed by atoms with E-state index in [0.717, 1.165) is 28.5 Å². The van der Waals surface area contributed by atoms with Crippen LogP contribution >= 0.6 is 11.8 Å². The van der Waals surface area contributed by atoms with E-state index in [1.165, 1.54) is 6.42 Å². The second kappa shape index (κ2) is 4.57. The fourth-order valence-corrected chi connectivity index (χ4v) is 2.11. The van der Waals surface area contributed by atoms with Gasteiger partial charge in [0, 0.05) is 0 Å². The van der Waals surface area contributed by atoms with Crippen LogP contribution in [0.5, 0.6) is 0 Å². The first kappa shape index (κ1) is 10.4. The summed E-state index contributed by atoms with van der Waals surface area (Å²) in [5, 5.41) is 0. The van der Waals surface area contributed by atoms with Crippen molar-refractivity contribution in [1.82, 2.24) is 4.98 Å². The first-order valence-electron chi connectivity index (χ1n) is 5.03. The molecule has 1 aromatic heterocycles. The van der Waals surface area contributed by atoms with Crippen molar-refractivity contribution in [1.29, 1.82) is 0 Å². The Labute approximate surface area is 93.0 Å². The summed E-state index contributed by atoms with van der Waals surface area (Å²) < 4.78 is 5.58. The molecular formula is C11H14N2OS. The van der Waals surface area contributed by atoms with Gasteiger partial charge < -0.3 is 10.2 Å². The molecule has 80 valence electrons. The monoisotopic (exact) mass is 222 g/mol. The maximum Gasteiger partial charge on any atom is 0.205 e. The second-order valence-corrected chi connectivity index (χ2v) is 4.46. The van der Waals surface area contributed by atoms with E-state index in [1.54, 1.807) is 0 Å². The van der Waals surface area contributed by atoms with Crippen molar-refractivity contribution >= 4 is 28.5 Å². The van der Waals surface area contributed by atoms with Crippen molar-refractivity contribution in [2.24, 2.45) is 0 Å². The van der Waals surface area contributed by atoms with Crippen LogP contribution in [-0.2, 0) is 5.75 Å². The fraction of sp³-hybridized carbons (Fsp3) is 0.364. The molecule has 0 unspecified atom stereocenters. The molecule has 15 heavy (non-hydrogen) atoms. The molecule has 0 aliphatic rings. The summed E-state index contributed by atoms with van der Waals surface area (Å²) in [4.78, 5) is 4.37. The molecule has 1 aromatic carbocycles. The van der Waals surface area contributed by atoms with E-state index in [0.29, 0.717) is 5.69 Å². The van der Waals surface area contributed by atoms with Gasteiger partial charge in [-0.2, -0.15) is 11.8 Å². The summed E-state index contributed by atoms with van der Waals surface area (Å²) in [6, 6.07) is 5.62. The quantitative estimate of drug-likeness (QED) is 0.638. The number of thioether (sulfide) groups is 1. The van der Waals surface area contributed by atoms with E-state index < -0.39 is 0 Å². The number of anilines is 1. The lowest BCUT2D eigenvalue weighted by atomic mass is 10.3. The molecule has 0 fully saturated rings. The van der Waals surface area contributed by atoms with Gasteiger partial charge in [-0.25, -0.2) is 4.98 Å². The highest BCUT2D eigenvalue weighted by Gasteiger charge is 2.07. The molecule has 4 heteroatoms. The van der Waals surface area contributed by atoms with E-state index in [-0.39, 0.29) is 0 Å². The molecule has 2 N–H and O–H groups in total. The van der Waals surface area contributed by atoms with Gasteiger partial charge in [-0.3, -0.25) is 0 Å². The minimum absolute atomic E-state index is 0.683. The van der Waals surface area contributed by atoms with Crippen LogP contribution in [0, 0.1) is 0 Å². The van der Waals surface area contributed by atoms with E-state index in [2.05, 4.69) is 11.9 Å². The van der Waals surface area contributed by atoms with Gasteiger partial charge in [-0.1, -0.05) is 13.0 Å². The van der Waals surface area contributed by atoms with Gasteiger partial charge in [0.2, 0.25) is 5.89 Å². The third-order valence-corrected chi connectivity index (χ3v) is 3.22. The predicted octanol–water partition coefficient (Wildman–Crippen LogP) is 3.05. The SMILES string of the molecule is CCCSCc1nc2c(N)cccc2o1. The molecule has 0 radical (unpaired) electrons. The van der Waals surface area contributed by atoms with Crippen molar-refractivity contribution in [3.05, 3.63) is 24.1 Å². The normalized spacial score (nSPS) is 11.0. The van der Waals surface area contributed by atoms with Crippen LogP contribution < -0.4 is 5.73 Å². The summed E-state index contributed by atoms with van der Waals surface area (Å²) in [7, 11) is 0. The third-order valence-electron chi connectivity index (χ3n) is 2.07. The average molecular weight is 222 g/mol. The van der Waals surface area contributed by atoms with Crippen LogP contribution in [0.4, 0.5) is 5.69 Å². The maximum absolute atomic E-state index is 5.80. The topological polar surface area (TPSA) is 52.0 Å². The molecule has 0 aliphatic carbocycles. The average Bonchev–Trinajstić information content (AvgIpc) is 2.63. The minimum Gasteiger partial charge on any atom is -0.440 e. The van der Waals surface area contributed by atoms with Crippen molar-refractivity contribution in [3.8, 4) is 0 Å². The Morgan fingerprint density at radius 3 is 3.07 bits per heavy atom. The van der Waals surface area contributed by atoms with Gasteiger partial charge in [-0.15, -0.1) is 0 Å². The Bertz CT molecular complexity index is 453. The molecule has 2 rings (SSSR count). The van der Waals surface area contributed by atoms with Crippen molar-refractivity contribution in [2.75, 3.05) is 11.5 Å². The van der Waals surface area contributed by atoms with Crippen LogP contribution in [-0.4, -0.2) is 10.7 Å². The van der Waals surface area contributed by atoms with Gasteiger partial charge in [0.15, 0.2) is 5.58 Å². The number of fused-ring (bicyclic) bond motifs is 1. The summed E-state index contributed by atoms with van der Waals surface area (Å²) in [5.41, 5.74) is 8.04. The molecule has 0 atom stereocenters. The number of para-hydroxylation sites is 1. The van der Waals surface area contributed by atoms with Gasteiger partial charge in [0.25, 0.3) is 0 Å². The number of benzene rings is 1. The molecule has 2 aromatic rings. The van der Waals surface area contributed by atoms with Gasteiger partial charge in [0.1, 0.15) is 5.52 Å². The molecular weight excluding hydrogens is 208 g/mol. The Morgan fingerprint density at radius 1 is 1.47 bits per heavy atom. The van der Waals surface area contributed by atoms with Crippen LogP contribution in [0.25, 0.3) is 11.1 Å². The lowest BCUT2D eigenvalue weighted by molar-refractivity contribution is 0.556. The van der Waals surface area contributed by atoms with Crippen molar-refractivity contribution < 1.29 is 4.42 Å². The lowest BCUT2D eigenvalue weighted by Crippen LogP contribution is -1.86. The zero-order chi connectivity index (χ0) is 10.7. The highest BCUT2D eigenvalue weighted by molar-refractivity contribution is 7.98. The highest BCUT2D eigenvalue weighted by atomic mass is 32.2. The highest BCUT2D eigenvalue weighted by Crippen LogP contribution is 2.23. The minimum atomic E-state index is 0.683. The first-order valence-corrected chi connectivity index (χ1v) is 6.18. The summed E-state index contributed by atoms with van der Waals surface area (Å²) in [6.45, 7) is 2.16. The zero-order valence-electron chi connectivity index (χ0n) is 8.69. The number of nitrogens with zero attached hydrogens (tertiary/aromatic N) is 1. The number of hydrogen-bond donors (Lipinski definition) is 1. The maximum atomic E-state index is 5.80. The molecule has 3 nitrogen and oxygen atoms in total. The van der Waals surface area contributed by atoms with E-state index in [9.17, 15) is 0 Å². The smallest absolute Gasteiger partial charge is 0.205 e. The Hall–Kier alpha value is -1.16. The van der Waals surface area contributed by atoms with Crippen LogP contribution in [0.1, 0.15) is 19.2 Å². The summed E-state index contributed by atoms with van der Waals surface area (Å²) in [6.07, 6.45) is 1.17. The predicted molar refractivity (Wildman–Crippen MR) is 64.9 cm³/mol. The number of aromatic nitrogens is 1. The zero-order valence-corrected chi connectivity index (χ0v) is 9.51. The van der Waals surface area contributed by atoms with E-state index in [1.807, 2.05) is 30.0 Å². The molecule has 0 bridgehead atoms. The number of nitrogens with two attached hydrogens (primary N) is 1. The van der Waals surface area contributed by atoms with Gasteiger partial charge >= 0.3 is 0 Å². The number of hydrogen-bond acceptors (Lipinski definition) is 4. The van der Waals surface area contributed by atoms with Crippen LogP contribution in [0.15, 0.2) is 22.6 Å². The standard InChI is InChI=1S/C11H14N2OS/c1-2-6-15-7-10-13-11-8(12)4-3-5-9(11)14-10/h3-5H,2,6-7,12H2,1H3. The summed E-state index contributed by atoms with van der Waals surface area (Å²) >= 11 is 1.83. The first-order chi connectivity index (χ1) is 7.31. The van der Waals surface area contributed by atoms with Crippen LogP contribution in [0.3, 0.4) is 0 Å². The Balaban J connectivity index is 2.20. The van der Waals surface area contributed by atoms with Gasteiger partial charge in [0.05, 0.1) is 11.4 Å². The molecule has 0 amide bonds. The van der Waals surface area contributed by atoms with Crippen molar-refractivity contribution in [2.45, 2.75) is 19.1 Å². The number of oxazole rings is 1. The second-order valence-electron chi connectivity index (χ2n) is 3.35. The Morgan fingerprint density at radius 2 is 2.33 bits per heavy atom. The number of nitrogen functional groups attached to an aromatic ring is 1. The molecule has 0 aliphatic heterocycles. The van der Waals surface area contributed by atoms with E-state index in [4.69, 9.17) is 10.2 Å². The van der Waals surface area contributed by atoms with E-state index >= 15 is 0 Å². The van der Waals surface area contributed by atoms with Gasteiger partial charge in [-0.05, 0) is 24.3 Å². The molecule has 0 spiro atoms. The third kappa shape index (κ3) is 2.26. The van der Waals surface area contributed by atoms with Crippen molar-refractivity contribution in [3.63, 3.8) is 0 Å². The fourth-order valence-electron chi connectivity index (χ4n) is 1.38. The number of rotatable bonds is 4. The van der Waals surface area contributed by atoms with Crippen LogP contribution in [0.2, 0.25) is 0 Å².